The molecule has 0 bridgehead atoms. The number of hydrogen-bond donors (Lipinski definition) is 0. The highest BCUT2D eigenvalue weighted by molar-refractivity contribution is 8.03. The maximum atomic E-state index is 11.8. The minimum Gasteiger partial charge on any atom is -0.342 e. The molecule has 1 aromatic heterocycles. The van der Waals surface area contributed by atoms with E-state index in [1.54, 1.807) is 23.1 Å². The van der Waals surface area contributed by atoms with Crippen molar-refractivity contribution in [3.63, 3.8) is 0 Å². The number of aromatic nitrogens is 2. The van der Waals surface area contributed by atoms with Crippen molar-refractivity contribution < 1.29 is 4.79 Å². The van der Waals surface area contributed by atoms with Gasteiger partial charge in [0.25, 0.3) is 0 Å². The molecule has 2 rings (SSSR count). The predicted octanol–water partition coefficient (Wildman–Crippen LogP) is 1.97. The van der Waals surface area contributed by atoms with Crippen LogP contribution in [0, 0.1) is 0 Å². The molecule has 1 aliphatic rings. The molecule has 16 heavy (non-hydrogen) atoms. The molecule has 7 heteroatoms. The Kier molecular flexibility index (Phi) is 4.48. The summed E-state index contributed by atoms with van der Waals surface area (Å²) in [5.41, 5.74) is 0. The van der Waals surface area contributed by atoms with Crippen LogP contribution in [-0.4, -0.2) is 46.1 Å². The lowest BCUT2D eigenvalue weighted by molar-refractivity contribution is -0.127. The zero-order valence-corrected chi connectivity index (χ0v) is 11.5. The van der Waals surface area contributed by atoms with Crippen LogP contribution in [0.25, 0.3) is 0 Å². The van der Waals surface area contributed by atoms with Crippen LogP contribution >= 0.6 is 34.9 Å². The molecular formula is C9H13N3OS3. The van der Waals surface area contributed by atoms with Crippen molar-refractivity contribution in [2.75, 3.05) is 25.1 Å². The van der Waals surface area contributed by atoms with Gasteiger partial charge in [0, 0.05) is 13.1 Å². The summed E-state index contributed by atoms with van der Waals surface area (Å²) in [6.07, 6.45) is 4.27. The summed E-state index contributed by atoms with van der Waals surface area (Å²) >= 11 is 4.63. The fraction of sp³-hybridized carbons (Fsp3) is 0.667. The van der Waals surface area contributed by atoms with Gasteiger partial charge in [-0.3, -0.25) is 4.79 Å². The van der Waals surface area contributed by atoms with Crippen molar-refractivity contribution in [1.82, 2.24) is 15.1 Å². The van der Waals surface area contributed by atoms with Crippen molar-refractivity contribution in [2.24, 2.45) is 0 Å². The van der Waals surface area contributed by atoms with Crippen molar-refractivity contribution in [3.8, 4) is 0 Å². The lowest BCUT2D eigenvalue weighted by atomic mass is 10.4. The van der Waals surface area contributed by atoms with Crippen LogP contribution in [0.4, 0.5) is 0 Å². The number of rotatable bonds is 4. The van der Waals surface area contributed by atoms with Gasteiger partial charge in [-0.25, -0.2) is 0 Å². The molecule has 0 atom stereocenters. The molecule has 0 radical (unpaired) electrons. The van der Waals surface area contributed by atoms with Crippen LogP contribution in [0.1, 0.15) is 12.8 Å². The number of thioether (sulfide) groups is 2. The minimum atomic E-state index is 0.225. The monoisotopic (exact) mass is 275 g/mol. The first-order chi connectivity index (χ1) is 7.79. The second-order valence-corrected chi connectivity index (χ2v) is 6.67. The molecule has 0 spiro atoms. The SMILES string of the molecule is CSc1nnc(SCC(=O)N2CCCC2)s1. The molecule has 0 saturated carbocycles. The third-order valence-electron chi connectivity index (χ3n) is 2.34. The first-order valence-electron chi connectivity index (χ1n) is 5.07. The largest absolute Gasteiger partial charge is 0.342 e. The van der Waals surface area contributed by atoms with Gasteiger partial charge in [-0.15, -0.1) is 10.2 Å². The Morgan fingerprint density at radius 3 is 2.69 bits per heavy atom. The van der Waals surface area contributed by atoms with Gasteiger partial charge in [-0.1, -0.05) is 34.9 Å². The molecule has 0 aromatic carbocycles. The topological polar surface area (TPSA) is 46.1 Å². The van der Waals surface area contributed by atoms with E-state index in [-0.39, 0.29) is 5.91 Å². The highest BCUT2D eigenvalue weighted by Crippen LogP contribution is 2.27. The average Bonchev–Trinajstić information content (AvgIpc) is 2.96. The predicted molar refractivity (Wildman–Crippen MR) is 68.2 cm³/mol. The Morgan fingerprint density at radius 1 is 1.38 bits per heavy atom. The van der Waals surface area contributed by atoms with Gasteiger partial charge < -0.3 is 4.90 Å². The highest BCUT2D eigenvalue weighted by atomic mass is 32.2. The maximum absolute atomic E-state index is 11.8. The van der Waals surface area contributed by atoms with Gasteiger partial charge in [0.05, 0.1) is 5.75 Å². The maximum Gasteiger partial charge on any atom is 0.233 e. The molecule has 0 aliphatic carbocycles. The fourth-order valence-corrected chi connectivity index (χ4v) is 3.86. The van der Waals surface area contributed by atoms with Gasteiger partial charge in [0.15, 0.2) is 8.68 Å². The van der Waals surface area contributed by atoms with Gasteiger partial charge in [-0.05, 0) is 19.1 Å². The van der Waals surface area contributed by atoms with Crippen LogP contribution in [0.2, 0.25) is 0 Å². The van der Waals surface area contributed by atoms with Crippen molar-refractivity contribution >= 4 is 40.8 Å². The van der Waals surface area contributed by atoms with E-state index in [1.807, 2.05) is 11.2 Å². The summed E-state index contributed by atoms with van der Waals surface area (Å²) in [4.78, 5) is 13.7. The van der Waals surface area contributed by atoms with Gasteiger partial charge in [0.2, 0.25) is 5.91 Å². The van der Waals surface area contributed by atoms with Crippen molar-refractivity contribution in [2.45, 2.75) is 21.5 Å². The zero-order chi connectivity index (χ0) is 11.4. The standard InChI is InChI=1S/C9H13N3OS3/c1-14-8-10-11-9(16-8)15-6-7(13)12-4-2-3-5-12/h2-6H2,1H3. The lowest BCUT2D eigenvalue weighted by Crippen LogP contribution is -2.29. The molecule has 1 saturated heterocycles. The van der Waals surface area contributed by atoms with Crippen LogP contribution in [0.5, 0.6) is 0 Å². The summed E-state index contributed by atoms with van der Waals surface area (Å²) in [6, 6.07) is 0. The van der Waals surface area contributed by atoms with Gasteiger partial charge in [0.1, 0.15) is 0 Å². The quantitative estimate of drug-likeness (QED) is 0.786. The number of carbonyl (C=O) groups excluding carboxylic acids is 1. The Labute approximate surface area is 107 Å². The molecule has 2 heterocycles. The molecule has 1 aromatic rings. The fourth-order valence-electron chi connectivity index (χ4n) is 1.52. The molecule has 1 fully saturated rings. The zero-order valence-electron chi connectivity index (χ0n) is 9.01. The van der Waals surface area contributed by atoms with Crippen LogP contribution < -0.4 is 0 Å². The number of likely N-dealkylation sites (tertiary alicyclic amines) is 1. The van der Waals surface area contributed by atoms with Crippen molar-refractivity contribution in [3.05, 3.63) is 0 Å². The number of amides is 1. The molecule has 0 unspecified atom stereocenters. The molecule has 1 amide bonds. The van der Waals surface area contributed by atoms with E-state index in [4.69, 9.17) is 0 Å². The van der Waals surface area contributed by atoms with E-state index < -0.39 is 0 Å². The van der Waals surface area contributed by atoms with E-state index in [9.17, 15) is 4.79 Å². The third kappa shape index (κ3) is 3.11. The first-order valence-corrected chi connectivity index (χ1v) is 8.10. The Hall–Kier alpha value is -0.270. The number of carbonyl (C=O) groups is 1. The Morgan fingerprint density at radius 2 is 2.06 bits per heavy atom. The Balaban J connectivity index is 1.80. The Bertz CT molecular complexity index is 363. The van der Waals surface area contributed by atoms with Crippen molar-refractivity contribution in [1.29, 1.82) is 0 Å². The van der Waals surface area contributed by atoms with Crippen LogP contribution in [-0.2, 0) is 4.79 Å². The molecular weight excluding hydrogens is 262 g/mol. The van der Waals surface area contributed by atoms with Gasteiger partial charge in [-0.2, -0.15) is 0 Å². The molecule has 1 aliphatic heterocycles. The first kappa shape index (κ1) is 12.2. The van der Waals surface area contributed by atoms with Crippen LogP contribution in [0.15, 0.2) is 8.68 Å². The van der Waals surface area contributed by atoms with E-state index in [0.717, 1.165) is 34.6 Å². The average molecular weight is 275 g/mol. The molecule has 4 nitrogen and oxygen atoms in total. The van der Waals surface area contributed by atoms with E-state index >= 15 is 0 Å². The van der Waals surface area contributed by atoms with E-state index in [2.05, 4.69) is 10.2 Å². The summed E-state index contributed by atoms with van der Waals surface area (Å²) in [5.74, 6) is 0.714. The molecule has 0 N–H and O–H groups in total. The summed E-state index contributed by atoms with van der Waals surface area (Å²) in [7, 11) is 0. The van der Waals surface area contributed by atoms with Crippen LogP contribution in [0.3, 0.4) is 0 Å². The number of hydrogen-bond acceptors (Lipinski definition) is 6. The number of nitrogens with zero attached hydrogens (tertiary/aromatic N) is 3. The summed E-state index contributed by atoms with van der Waals surface area (Å²) < 4.78 is 1.84. The van der Waals surface area contributed by atoms with E-state index in [0.29, 0.717) is 5.75 Å². The summed E-state index contributed by atoms with van der Waals surface area (Å²) in [5, 5.41) is 8.02. The highest BCUT2D eigenvalue weighted by Gasteiger charge is 2.18. The molecule has 88 valence electrons. The van der Waals surface area contributed by atoms with E-state index in [1.165, 1.54) is 11.8 Å². The summed E-state index contributed by atoms with van der Waals surface area (Å²) in [6.45, 7) is 1.84. The normalized spacial score (nSPS) is 15.7. The minimum absolute atomic E-state index is 0.225. The lowest BCUT2D eigenvalue weighted by Gasteiger charge is -2.13. The second kappa shape index (κ2) is 5.88. The third-order valence-corrected chi connectivity index (χ3v) is 5.36. The smallest absolute Gasteiger partial charge is 0.233 e. The second-order valence-electron chi connectivity index (χ2n) is 3.41. The van der Waals surface area contributed by atoms with Gasteiger partial charge >= 0.3 is 0 Å².